The van der Waals surface area contributed by atoms with E-state index in [0.717, 1.165) is 4.88 Å². The number of urea groups is 1. The molecule has 3 nitrogen and oxygen atoms in total. The Bertz CT molecular complexity index is 586. The van der Waals surface area contributed by atoms with E-state index in [1.54, 1.807) is 24.3 Å². The van der Waals surface area contributed by atoms with E-state index in [2.05, 4.69) is 10.6 Å². The van der Waals surface area contributed by atoms with Crippen molar-refractivity contribution < 1.29 is 4.79 Å². The van der Waals surface area contributed by atoms with Crippen LogP contribution >= 0.6 is 34.5 Å². The number of rotatable bonds is 3. The van der Waals surface area contributed by atoms with Gasteiger partial charge >= 0.3 is 6.03 Å². The van der Waals surface area contributed by atoms with E-state index in [-0.39, 0.29) is 12.1 Å². The first-order valence-electron chi connectivity index (χ1n) is 5.63. The standard InChI is InChI=1S/C13H12Cl2N2OS/c1-8(11-5-6-12(15)19-11)16-13(18)17-10-4-2-3-9(14)7-10/h2-8H,1H3,(H2,16,17,18). The van der Waals surface area contributed by atoms with Crippen molar-refractivity contribution in [1.82, 2.24) is 5.32 Å². The summed E-state index contributed by atoms with van der Waals surface area (Å²) in [5.41, 5.74) is 0.654. The van der Waals surface area contributed by atoms with Crippen molar-refractivity contribution in [3.8, 4) is 0 Å². The van der Waals surface area contributed by atoms with Crippen LogP contribution in [0, 0.1) is 0 Å². The van der Waals surface area contributed by atoms with Gasteiger partial charge in [0, 0.05) is 15.6 Å². The maximum absolute atomic E-state index is 11.8. The van der Waals surface area contributed by atoms with Gasteiger partial charge in [0.25, 0.3) is 0 Å². The molecular weight excluding hydrogens is 303 g/mol. The predicted octanol–water partition coefficient (Wildman–Crippen LogP) is 4.94. The summed E-state index contributed by atoms with van der Waals surface area (Å²) in [6.07, 6.45) is 0. The highest BCUT2D eigenvalue weighted by molar-refractivity contribution is 7.16. The van der Waals surface area contributed by atoms with Gasteiger partial charge in [-0.15, -0.1) is 11.3 Å². The highest BCUT2D eigenvalue weighted by atomic mass is 35.5. The number of halogens is 2. The molecule has 2 N–H and O–H groups in total. The molecular formula is C13H12Cl2N2OS. The van der Waals surface area contributed by atoms with Gasteiger partial charge in [0.1, 0.15) is 0 Å². The van der Waals surface area contributed by atoms with Gasteiger partial charge < -0.3 is 10.6 Å². The Morgan fingerprint density at radius 2 is 2.05 bits per heavy atom. The molecule has 6 heteroatoms. The van der Waals surface area contributed by atoms with E-state index in [4.69, 9.17) is 23.2 Å². The average molecular weight is 315 g/mol. The number of hydrogen-bond donors (Lipinski definition) is 2. The van der Waals surface area contributed by atoms with E-state index < -0.39 is 0 Å². The summed E-state index contributed by atoms with van der Waals surface area (Å²) in [5.74, 6) is 0. The molecule has 0 saturated heterocycles. The van der Waals surface area contributed by atoms with Crippen LogP contribution in [0.3, 0.4) is 0 Å². The molecule has 0 fully saturated rings. The molecule has 0 radical (unpaired) electrons. The first kappa shape index (κ1) is 14.2. The zero-order valence-electron chi connectivity index (χ0n) is 10.1. The zero-order valence-corrected chi connectivity index (χ0v) is 12.4. The summed E-state index contributed by atoms with van der Waals surface area (Å²) < 4.78 is 0.707. The molecule has 0 aliphatic carbocycles. The van der Waals surface area contributed by atoms with Crippen LogP contribution in [0.5, 0.6) is 0 Å². The second kappa shape index (κ2) is 6.28. The maximum atomic E-state index is 11.8. The van der Waals surface area contributed by atoms with Gasteiger partial charge in [0.05, 0.1) is 10.4 Å². The van der Waals surface area contributed by atoms with Gasteiger partial charge in [-0.1, -0.05) is 29.3 Å². The largest absolute Gasteiger partial charge is 0.331 e. The molecule has 0 saturated carbocycles. The second-order valence-corrected chi connectivity index (χ2v) is 6.16. The van der Waals surface area contributed by atoms with E-state index in [9.17, 15) is 4.79 Å². The van der Waals surface area contributed by atoms with Crippen molar-refractivity contribution in [2.45, 2.75) is 13.0 Å². The molecule has 0 aliphatic rings. The molecule has 100 valence electrons. The summed E-state index contributed by atoms with van der Waals surface area (Å²) in [7, 11) is 0. The Balaban J connectivity index is 1.94. The zero-order chi connectivity index (χ0) is 13.8. The molecule has 1 aromatic heterocycles. The molecule has 1 atom stereocenters. The Labute approximate surface area is 125 Å². The fourth-order valence-corrected chi connectivity index (χ4v) is 2.82. The normalized spacial score (nSPS) is 11.9. The number of carbonyl (C=O) groups is 1. The van der Waals surface area contributed by atoms with Gasteiger partial charge in [-0.2, -0.15) is 0 Å². The predicted molar refractivity (Wildman–Crippen MR) is 81.4 cm³/mol. The fourth-order valence-electron chi connectivity index (χ4n) is 1.56. The lowest BCUT2D eigenvalue weighted by Crippen LogP contribution is -2.30. The van der Waals surface area contributed by atoms with Crippen molar-refractivity contribution in [1.29, 1.82) is 0 Å². The van der Waals surface area contributed by atoms with Crippen molar-refractivity contribution >= 4 is 46.3 Å². The molecule has 2 amide bonds. The number of carbonyl (C=O) groups excluding carboxylic acids is 1. The van der Waals surface area contributed by atoms with Crippen LogP contribution < -0.4 is 10.6 Å². The summed E-state index contributed by atoms with van der Waals surface area (Å²) in [4.78, 5) is 12.8. The molecule has 0 spiro atoms. The number of thiophene rings is 1. The summed E-state index contributed by atoms with van der Waals surface area (Å²) in [6.45, 7) is 1.90. The summed E-state index contributed by atoms with van der Waals surface area (Å²) in [5, 5.41) is 6.14. The number of hydrogen-bond acceptors (Lipinski definition) is 2. The first-order chi connectivity index (χ1) is 9.04. The molecule has 1 aromatic carbocycles. The van der Waals surface area contributed by atoms with Gasteiger partial charge in [-0.05, 0) is 37.3 Å². The number of anilines is 1. The molecule has 1 unspecified atom stereocenters. The van der Waals surface area contributed by atoms with Crippen LogP contribution in [-0.4, -0.2) is 6.03 Å². The van der Waals surface area contributed by atoms with Crippen LogP contribution in [0.2, 0.25) is 9.36 Å². The van der Waals surface area contributed by atoms with Crippen molar-refractivity contribution in [3.63, 3.8) is 0 Å². The molecule has 2 aromatic rings. The van der Waals surface area contributed by atoms with Crippen LogP contribution in [0.1, 0.15) is 17.8 Å². The highest BCUT2D eigenvalue weighted by Gasteiger charge is 2.11. The minimum absolute atomic E-state index is 0.100. The number of benzene rings is 1. The highest BCUT2D eigenvalue weighted by Crippen LogP contribution is 2.26. The molecule has 1 heterocycles. The quantitative estimate of drug-likeness (QED) is 0.828. The molecule has 2 rings (SSSR count). The minimum Gasteiger partial charge on any atom is -0.331 e. The van der Waals surface area contributed by atoms with Crippen molar-refractivity contribution in [3.05, 3.63) is 50.6 Å². The molecule has 0 bridgehead atoms. The second-order valence-electron chi connectivity index (χ2n) is 3.97. The smallest absolute Gasteiger partial charge is 0.319 e. The summed E-state index contributed by atoms with van der Waals surface area (Å²) >= 11 is 13.2. The summed E-state index contributed by atoms with van der Waals surface area (Å²) in [6, 6.07) is 10.3. The average Bonchev–Trinajstić information content (AvgIpc) is 2.75. The number of nitrogens with one attached hydrogen (secondary N) is 2. The van der Waals surface area contributed by atoms with E-state index in [0.29, 0.717) is 15.0 Å². The van der Waals surface area contributed by atoms with Gasteiger partial charge in [0.15, 0.2) is 0 Å². The van der Waals surface area contributed by atoms with E-state index in [1.807, 2.05) is 19.1 Å². The van der Waals surface area contributed by atoms with Crippen LogP contribution in [0.4, 0.5) is 10.5 Å². The Morgan fingerprint density at radius 1 is 1.26 bits per heavy atom. The van der Waals surface area contributed by atoms with Crippen LogP contribution in [0.25, 0.3) is 0 Å². The monoisotopic (exact) mass is 314 g/mol. The lowest BCUT2D eigenvalue weighted by molar-refractivity contribution is 0.249. The van der Waals surface area contributed by atoms with Gasteiger partial charge in [0.2, 0.25) is 0 Å². The van der Waals surface area contributed by atoms with Crippen LogP contribution in [0.15, 0.2) is 36.4 Å². The Hall–Kier alpha value is -1.23. The Morgan fingerprint density at radius 3 is 2.68 bits per heavy atom. The minimum atomic E-state index is -0.278. The van der Waals surface area contributed by atoms with E-state index in [1.165, 1.54) is 11.3 Å². The lowest BCUT2D eigenvalue weighted by atomic mass is 10.3. The van der Waals surface area contributed by atoms with Gasteiger partial charge in [-0.3, -0.25) is 0 Å². The Kier molecular flexibility index (Phi) is 4.69. The third kappa shape index (κ3) is 4.13. The van der Waals surface area contributed by atoms with E-state index >= 15 is 0 Å². The third-order valence-electron chi connectivity index (χ3n) is 2.45. The lowest BCUT2D eigenvalue weighted by Gasteiger charge is -2.13. The maximum Gasteiger partial charge on any atom is 0.319 e. The number of amides is 2. The van der Waals surface area contributed by atoms with Crippen molar-refractivity contribution in [2.75, 3.05) is 5.32 Å². The first-order valence-corrected chi connectivity index (χ1v) is 7.20. The SMILES string of the molecule is CC(NC(=O)Nc1cccc(Cl)c1)c1ccc(Cl)s1. The third-order valence-corrected chi connectivity index (χ3v) is 4.10. The van der Waals surface area contributed by atoms with Crippen LogP contribution in [-0.2, 0) is 0 Å². The molecule has 0 aliphatic heterocycles. The van der Waals surface area contributed by atoms with Gasteiger partial charge in [-0.25, -0.2) is 4.79 Å². The van der Waals surface area contributed by atoms with Crippen molar-refractivity contribution in [2.24, 2.45) is 0 Å². The topological polar surface area (TPSA) is 41.1 Å². The fraction of sp³-hybridized carbons (Fsp3) is 0.154. The molecule has 19 heavy (non-hydrogen) atoms.